The minimum absolute atomic E-state index is 0.302. The van der Waals surface area contributed by atoms with Gasteiger partial charge < -0.3 is 4.74 Å². The summed E-state index contributed by atoms with van der Waals surface area (Å²) in [5.74, 6) is 0. The summed E-state index contributed by atoms with van der Waals surface area (Å²) in [5, 5.41) is 0.676. The summed E-state index contributed by atoms with van der Waals surface area (Å²) in [6.07, 6.45) is 15.4. The molecule has 0 aromatic carbocycles. The summed E-state index contributed by atoms with van der Waals surface area (Å²) in [4.78, 5) is 0. The largest absolute Gasteiger partial charge is 0.485 e. The van der Waals surface area contributed by atoms with Crippen molar-refractivity contribution in [3.8, 4) is 0 Å². The third kappa shape index (κ3) is 14.0. The maximum absolute atomic E-state index is 5.46. The molecule has 0 bridgehead atoms. The van der Waals surface area contributed by atoms with Crippen molar-refractivity contribution in [2.24, 2.45) is 0 Å². The molecule has 0 heterocycles. The lowest BCUT2D eigenvalue weighted by molar-refractivity contribution is 0.197. The van der Waals surface area contributed by atoms with E-state index in [2.05, 4.69) is 13.8 Å². The van der Waals surface area contributed by atoms with E-state index in [0.717, 1.165) is 6.42 Å². The van der Waals surface area contributed by atoms with E-state index in [-0.39, 0.29) is 0 Å². The summed E-state index contributed by atoms with van der Waals surface area (Å²) in [6.45, 7) is 6.24. The van der Waals surface area contributed by atoms with Crippen LogP contribution in [0.25, 0.3) is 0 Å². The highest BCUT2D eigenvalue weighted by molar-refractivity contribution is 7.80. The van der Waals surface area contributed by atoms with Crippen LogP contribution >= 0.6 is 12.2 Å². The topological polar surface area (TPSA) is 9.23 Å². The summed E-state index contributed by atoms with van der Waals surface area (Å²) in [7, 11) is 0. The summed E-state index contributed by atoms with van der Waals surface area (Å²) >= 11 is 4.93. The normalized spacial score (nSPS) is 12.4. The van der Waals surface area contributed by atoms with E-state index in [1.807, 2.05) is 6.92 Å². The Kier molecular flexibility index (Phi) is 13.2. The Morgan fingerprint density at radius 3 is 1.78 bits per heavy atom. The molecule has 2 heteroatoms. The van der Waals surface area contributed by atoms with E-state index in [1.165, 1.54) is 64.2 Å². The van der Waals surface area contributed by atoms with Crippen LogP contribution in [-0.4, -0.2) is 11.2 Å². The van der Waals surface area contributed by atoms with Crippen LogP contribution in [-0.2, 0) is 4.74 Å². The average Bonchev–Trinajstić information content (AvgIpc) is 2.30. The molecule has 0 saturated heterocycles. The zero-order valence-corrected chi connectivity index (χ0v) is 13.5. The number of unbranched alkanes of at least 4 members (excludes halogenated alkanes) is 9. The standard InChI is InChI=1S/C16H32OS/c1-4-5-6-7-8-9-10-11-12-13-14-15(2)17-16(3)18/h15H,4-14H2,1-3H3/t15-/m1/s1. The molecular weight excluding hydrogens is 240 g/mol. The summed E-state index contributed by atoms with van der Waals surface area (Å²) in [5.41, 5.74) is 0. The monoisotopic (exact) mass is 272 g/mol. The quantitative estimate of drug-likeness (QED) is 0.316. The third-order valence-electron chi connectivity index (χ3n) is 3.33. The van der Waals surface area contributed by atoms with E-state index in [0.29, 0.717) is 11.2 Å². The van der Waals surface area contributed by atoms with E-state index in [9.17, 15) is 0 Å². The van der Waals surface area contributed by atoms with Crippen LogP contribution in [0.1, 0.15) is 91.4 Å². The molecule has 1 atom stereocenters. The fraction of sp³-hybridized carbons (Fsp3) is 0.938. The second kappa shape index (κ2) is 13.3. The van der Waals surface area contributed by atoms with Crippen molar-refractivity contribution in [1.82, 2.24) is 0 Å². The van der Waals surface area contributed by atoms with Crippen molar-refractivity contribution in [1.29, 1.82) is 0 Å². The minimum Gasteiger partial charge on any atom is -0.485 e. The predicted molar refractivity (Wildman–Crippen MR) is 85.3 cm³/mol. The second-order valence-electron chi connectivity index (χ2n) is 5.39. The number of rotatable bonds is 12. The molecule has 0 N–H and O–H groups in total. The fourth-order valence-corrected chi connectivity index (χ4v) is 2.43. The van der Waals surface area contributed by atoms with Crippen LogP contribution in [0.4, 0.5) is 0 Å². The van der Waals surface area contributed by atoms with Crippen LogP contribution in [0.2, 0.25) is 0 Å². The van der Waals surface area contributed by atoms with E-state index in [4.69, 9.17) is 17.0 Å². The molecule has 18 heavy (non-hydrogen) atoms. The van der Waals surface area contributed by atoms with Gasteiger partial charge in [0.25, 0.3) is 0 Å². The molecule has 0 aromatic rings. The lowest BCUT2D eigenvalue weighted by Gasteiger charge is -2.12. The minimum atomic E-state index is 0.302. The first-order valence-electron chi connectivity index (χ1n) is 7.84. The highest BCUT2D eigenvalue weighted by Gasteiger charge is 2.02. The molecule has 0 aliphatic carbocycles. The van der Waals surface area contributed by atoms with Crippen molar-refractivity contribution in [3.05, 3.63) is 0 Å². The molecule has 0 spiro atoms. The van der Waals surface area contributed by atoms with Gasteiger partial charge in [0.2, 0.25) is 0 Å². The first-order valence-corrected chi connectivity index (χ1v) is 8.24. The summed E-state index contributed by atoms with van der Waals surface area (Å²) in [6, 6.07) is 0. The number of hydrogen-bond donors (Lipinski definition) is 0. The van der Waals surface area contributed by atoms with Crippen LogP contribution in [0, 0.1) is 0 Å². The van der Waals surface area contributed by atoms with Gasteiger partial charge in [0.05, 0.1) is 6.10 Å². The molecule has 1 nitrogen and oxygen atoms in total. The van der Waals surface area contributed by atoms with Gasteiger partial charge in [-0.1, -0.05) is 64.7 Å². The Bertz CT molecular complexity index is 192. The highest BCUT2D eigenvalue weighted by Crippen LogP contribution is 2.12. The number of thiocarbonyl (C=S) groups is 1. The second-order valence-corrected chi connectivity index (χ2v) is 5.97. The van der Waals surface area contributed by atoms with E-state index >= 15 is 0 Å². The lowest BCUT2D eigenvalue weighted by atomic mass is 10.0. The Morgan fingerprint density at radius 2 is 1.33 bits per heavy atom. The third-order valence-corrected chi connectivity index (χ3v) is 3.43. The predicted octanol–water partition coefficient (Wildman–Crippen LogP) is 6.05. The van der Waals surface area contributed by atoms with Gasteiger partial charge >= 0.3 is 0 Å². The van der Waals surface area contributed by atoms with Gasteiger partial charge in [0.1, 0.15) is 0 Å². The van der Waals surface area contributed by atoms with Gasteiger partial charge in [0, 0.05) is 6.92 Å². The Balaban J connectivity index is 3.09. The Hall–Kier alpha value is -0.110. The smallest absolute Gasteiger partial charge is 0.156 e. The fourth-order valence-electron chi connectivity index (χ4n) is 2.26. The van der Waals surface area contributed by atoms with E-state index in [1.54, 1.807) is 0 Å². The molecule has 0 aromatic heterocycles. The molecule has 0 aliphatic rings. The van der Waals surface area contributed by atoms with Crippen LogP contribution < -0.4 is 0 Å². The van der Waals surface area contributed by atoms with Crippen LogP contribution in [0.15, 0.2) is 0 Å². The SMILES string of the molecule is CCCCCCCCCCCC[C@@H](C)OC(C)=S. The van der Waals surface area contributed by atoms with Gasteiger partial charge in [-0.15, -0.1) is 0 Å². The maximum Gasteiger partial charge on any atom is 0.156 e. The van der Waals surface area contributed by atoms with Crippen LogP contribution in [0.3, 0.4) is 0 Å². The van der Waals surface area contributed by atoms with Crippen molar-refractivity contribution in [2.45, 2.75) is 97.5 Å². The molecule has 0 aliphatic heterocycles. The van der Waals surface area contributed by atoms with Gasteiger partial charge in [0.15, 0.2) is 5.05 Å². The molecule has 0 unspecified atom stereocenters. The Labute approximate surface area is 120 Å². The zero-order chi connectivity index (χ0) is 13.6. The molecule has 108 valence electrons. The molecule has 0 radical (unpaired) electrons. The lowest BCUT2D eigenvalue weighted by Crippen LogP contribution is -2.10. The van der Waals surface area contributed by atoms with Crippen molar-refractivity contribution >= 4 is 17.3 Å². The number of ether oxygens (including phenoxy) is 1. The highest BCUT2D eigenvalue weighted by atomic mass is 32.1. The average molecular weight is 272 g/mol. The van der Waals surface area contributed by atoms with Crippen molar-refractivity contribution < 1.29 is 4.74 Å². The summed E-state index contributed by atoms with van der Waals surface area (Å²) < 4.78 is 5.46. The van der Waals surface area contributed by atoms with Crippen LogP contribution in [0.5, 0.6) is 0 Å². The van der Waals surface area contributed by atoms with E-state index < -0.39 is 0 Å². The molecular formula is C16H32OS. The molecule has 0 fully saturated rings. The first-order chi connectivity index (χ1) is 8.66. The Morgan fingerprint density at radius 1 is 0.889 bits per heavy atom. The molecule has 0 amide bonds. The number of hydrogen-bond acceptors (Lipinski definition) is 2. The van der Waals surface area contributed by atoms with Crippen molar-refractivity contribution in [3.63, 3.8) is 0 Å². The maximum atomic E-state index is 5.46. The molecule has 0 saturated carbocycles. The van der Waals surface area contributed by atoms with Gasteiger partial charge in [-0.3, -0.25) is 0 Å². The van der Waals surface area contributed by atoms with Gasteiger partial charge in [-0.05, 0) is 32.0 Å². The first kappa shape index (κ1) is 17.9. The molecule has 0 rings (SSSR count). The van der Waals surface area contributed by atoms with Gasteiger partial charge in [-0.2, -0.15) is 0 Å². The van der Waals surface area contributed by atoms with Gasteiger partial charge in [-0.25, -0.2) is 0 Å². The zero-order valence-electron chi connectivity index (χ0n) is 12.7. The van der Waals surface area contributed by atoms with Crippen molar-refractivity contribution in [2.75, 3.05) is 0 Å².